The van der Waals surface area contributed by atoms with Crippen molar-refractivity contribution < 1.29 is 10.2 Å². The van der Waals surface area contributed by atoms with Crippen LogP contribution in [-0.2, 0) is 17.3 Å². The summed E-state index contributed by atoms with van der Waals surface area (Å²) in [7, 11) is 0. The summed E-state index contributed by atoms with van der Waals surface area (Å²) in [5.41, 5.74) is 6.20. The molecule has 0 heterocycles. The zero-order valence-corrected chi connectivity index (χ0v) is 23.0. The molecule has 2 aromatic rings. The van der Waals surface area contributed by atoms with Crippen molar-refractivity contribution in [1.29, 1.82) is 0 Å². The summed E-state index contributed by atoms with van der Waals surface area (Å²) in [4.78, 5) is 0. The van der Waals surface area contributed by atoms with E-state index in [1.165, 1.54) is 82.6 Å². The fourth-order valence-electron chi connectivity index (χ4n) is 11.2. The molecule has 8 saturated carbocycles. The molecule has 2 nitrogen and oxygen atoms in total. The molecular formula is C35H46O2. The Morgan fingerprint density at radius 3 is 1.43 bits per heavy atom. The monoisotopic (exact) mass is 498 g/mol. The first kappa shape index (κ1) is 24.1. The van der Waals surface area contributed by atoms with E-state index >= 15 is 0 Å². The van der Waals surface area contributed by atoms with Gasteiger partial charge in [-0.15, -0.1) is 0 Å². The Bertz CT molecular complexity index is 1090. The highest BCUT2D eigenvalue weighted by Gasteiger charge is 2.52. The molecule has 0 aliphatic heterocycles. The van der Waals surface area contributed by atoms with E-state index in [9.17, 15) is 10.2 Å². The average molecular weight is 499 g/mol. The first-order valence-electron chi connectivity index (χ1n) is 15.5. The van der Waals surface area contributed by atoms with E-state index in [0.717, 1.165) is 53.1 Å². The number of rotatable bonds is 3. The molecule has 2 N–H and O–H groups in total. The molecule has 0 radical (unpaired) electrons. The van der Waals surface area contributed by atoms with Gasteiger partial charge in [0.1, 0.15) is 11.5 Å². The third-order valence-electron chi connectivity index (χ3n) is 11.9. The fourth-order valence-corrected chi connectivity index (χ4v) is 11.2. The topological polar surface area (TPSA) is 40.5 Å². The summed E-state index contributed by atoms with van der Waals surface area (Å²) in [6.45, 7) is 4.22. The van der Waals surface area contributed by atoms with E-state index in [4.69, 9.17) is 0 Å². The molecule has 8 fully saturated rings. The summed E-state index contributed by atoms with van der Waals surface area (Å²) < 4.78 is 0. The average Bonchev–Trinajstić information content (AvgIpc) is 2.85. The summed E-state index contributed by atoms with van der Waals surface area (Å²) in [5, 5.41) is 19.6. The molecule has 8 bridgehead atoms. The van der Waals surface area contributed by atoms with Gasteiger partial charge in [0, 0.05) is 0 Å². The molecule has 0 spiro atoms. The number of hydrogen-bond donors (Lipinski definition) is 2. The number of aromatic hydroxyl groups is 2. The second-order valence-corrected chi connectivity index (χ2v) is 14.6. The fraction of sp³-hybridized carbons (Fsp3) is 0.657. The summed E-state index contributed by atoms with van der Waals surface area (Å²) in [6.07, 6.45) is 18.4. The second-order valence-electron chi connectivity index (χ2n) is 14.6. The lowest BCUT2D eigenvalue weighted by Crippen LogP contribution is -2.48. The van der Waals surface area contributed by atoms with Crippen LogP contribution in [0.3, 0.4) is 0 Å². The van der Waals surface area contributed by atoms with Crippen LogP contribution in [0.25, 0.3) is 0 Å². The van der Waals surface area contributed by atoms with Gasteiger partial charge in [0.2, 0.25) is 0 Å². The molecule has 8 aliphatic carbocycles. The van der Waals surface area contributed by atoms with Crippen molar-refractivity contribution in [3.8, 4) is 11.5 Å². The van der Waals surface area contributed by atoms with Crippen molar-refractivity contribution in [3.05, 3.63) is 58.7 Å². The Labute approximate surface area is 223 Å². The van der Waals surface area contributed by atoms with E-state index in [1.54, 1.807) is 5.56 Å². The predicted octanol–water partition coefficient (Wildman–Crippen LogP) is 8.59. The third kappa shape index (κ3) is 4.12. The van der Waals surface area contributed by atoms with Gasteiger partial charge in [-0.25, -0.2) is 0 Å². The first-order valence-corrected chi connectivity index (χ1v) is 15.5. The third-order valence-corrected chi connectivity index (χ3v) is 11.9. The largest absolute Gasteiger partial charge is 0.508 e. The van der Waals surface area contributed by atoms with Crippen LogP contribution in [-0.4, -0.2) is 10.2 Å². The molecule has 2 heteroatoms. The Balaban J connectivity index is 0.000000126. The summed E-state index contributed by atoms with van der Waals surface area (Å²) >= 11 is 0. The predicted molar refractivity (Wildman–Crippen MR) is 150 cm³/mol. The van der Waals surface area contributed by atoms with Gasteiger partial charge in [-0.05, 0) is 171 Å². The van der Waals surface area contributed by atoms with Crippen molar-refractivity contribution in [1.82, 2.24) is 0 Å². The minimum Gasteiger partial charge on any atom is -0.508 e. The molecule has 198 valence electrons. The van der Waals surface area contributed by atoms with Crippen molar-refractivity contribution in [2.45, 2.75) is 108 Å². The highest BCUT2D eigenvalue weighted by molar-refractivity contribution is 5.46. The summed E-state index contributed by atoms with van der Waals surface area (Å²) in [6, 6.07) is 12.7. The standard InChI is InChI=1S/C19H26O.C16H20O/c1-3-16-8-17(4-12(2)18(16)20)19-9-13-5-14(10-19)7-15(6-13)11-19;17-15-3-1-14(2-4-15)16-8-11-5-12(9-16)7-13(6-11)10-16/h4,8,13-15,20H,3,5-7,9-11H2,1-2H3;1-4,11-13,17H,5-10H2. The molecule has 37 heavy (non-hydrogen) atoms. The molecular weight excluding hydrogens is 452 g/mol. The zero-order valence-electron chi connectivity index (χ0n) is 23.0. The molecule has 0 aromatic heterocycles. The molecule has 8 aliphatic rings. The van der Waals surface area contributed by atoms with Gasteiger partial charge >= 0.3 is 0 Å². The minimum atomic E-state index is 0.401. The summed E-state index contributed by atoms with van der Waals surface area (Å²) in [5.74, 6) is 6.88. The van der Waals surface area contributed by atoms with Crippen LogP contribution in [0.4, 0.5) is 0 Å². The van der Waals surface area contributed by atoms with Crippen LogP contribution in [0.15, 0.2) is 36.4 Å². The molecule has 2 aromatic carbocycles. The van der Waals surface area contributed by atoms with Crippen LogP contribution in [0.5, 0.6) is 11.5 Å². The SMILES string of the molecule is CCc1cc(C23CC4CC(CC(C4)C2)C3)cc(C)c1O.Oc1ccc(C23CC4CC(CC(C4)C2)C3)cc1. The Morgan fingerprint density at radius 2 is 1.03 bits per heavy atom. The van der Waals surface area contributed by atoms with Crippen LogP contribution >= 0.6 is 0 Å². The van der Waals surface area contributed by atoms with Crippen LogP contribution < -0.4 is 0 Å². The lowest BCUT2D eigenvalue weighted by Gasteiger charge is -2.57. The van der Waals surface area contributed by atoms with E-state index in [1.807, 2.05) is 12.1 Å². The Morgan fingerprint density at radius 1 is 0.622 bits per heavy atom. The maximum atomic E-state index is 10.2. The van der Waals surface area contributed by atoms with Crippen molar-refractivity contribution >= 4 is 0 Å². The van der Waals surface area contributed by atoms with Gasteiger partial charge in [0.05, 0.1) is 0 Å². The number of aryl methyl sites for hydroxylation is 2. The number of benzene rings is 2. The van der Waals surface area contributed by atoms with Gasteiger partial charge in [-0.1, -0.05) is 31.2 Å². The Hall–Kier alpha value is -1.96. The molecule has 0 atom stereocenters. The zero-order chi connectivity index (χ0) is 25.4. The van der Waals surface area contributed by atoms with Crippen LogP contribution in [0, 0.1) is 42.4 Å². The normalized spacial score (nSPS) is 40.5. The van der Waals surface area contributed by atoms with E-state index in [-0.39, 0.29) is 0 Å². The highest BCUT2D eigenvalue weighted by Crippen LogP contribution is 2.62. The van der Waals surface area contributed by atoms with Gasteiger partial charge in [-0.2, -0.15) is 0 Å². The van der Waals surface area contributed by atoms with E-state index in [2.05, 4.69) is 38.1 Å². The van der Waals surface area contributed by atoms with Crippen molar-refractivity contribution in [2.75, 3.05) is 0 Å². The number of phenolic OH excluding ortho intramolecular Hbond substituents is 2. The first-order chi connectivity index (χ1) is 17.8. The second kappa shape index (κ2) is 8.78. The molecule has 0 amide bonds. The maximum Gasteiger partial charge on any atom is 0.121 e. The number of hydrogen-bond acceptors (Lipinski definition) is 2. The van der Waals surface area contributed by atoms with Crippen LogP contribution in [0.1, 0.15) is 106 Å². The highest BCUT2D eigenvalue weighted by atomic mass is 16.3. The van der Waals surface area contributed by atoms with Crippen molar-refractivity contribution in [2.24, 2.45) is 35.5 Å². The minimum absolute atomic E-state index is 0.401. The quantitative estimate of drug-likeness (QED) is 0.445. The smallest absolute Gasteiger partial charge is 0.121 e. The van der Waals surface area contributed by atoms with Gasteiger partial charge in [-0.3, -0.25) is 0 Å². The van der Waals surface area contributed by atoms with Gasteiger partial charge in [0.15, 0.2) is 0 Å². The molecule has 0 unspecified atom stereocenters. The van der Waals surface area contributed by atoms with Crippen LogP contribution in [0.2, 0.25) is 0 Å². The Kier molecular flexibility index (Phi) is 5.72. The molecule has 10 rings (SSSR count). The molecule has 0 saturated heterocycles. The lowest BCUT2D eigenvalue weighted by molar-refractivity contribution is -0.00535. The number of phenols is 2. The van der Waals surface area contributed by atoms with E-state index < -0.39 is 0 Å². The maximum absolute atomic E-state index is 10.2. The van der Waals surface area contributed by atoms with Gasteiger partial charge in [0.25, 0.3) is 0 Å². The van der Waals surface area contributed by atoms with E-state index in [0.29, 0.717) is 22.3 Å². The lowest BCUT2D eigenvalue weighted by atomic mass is 9.48. The van der Waals surface area contributed by atoms with Crippen molar-refractivity contribution in [3.63, 3.8) is 0 Å². The van der Waals surface area contributed by atoms with Gasteiger partial charge < -0.3 is 10.2 Å².